The van der Waals surface area contributed by atoms with Gasteiger partial charge in [-0.15, -0.1) is 0 Å². The predicted octanol–water partition coefficient (Wildman–Crippen LogP) is 3.42. The van der Waals surface area contributed by atoms with Crippen LogP contribution in [0.3, 0.4) is 0 Å². The van der Waals surface area contributed by atoms with Crippen molar-refractivity contribution in [1.29, 1.82) is 0 Å². The second-order valence-corrected chi connectivity index (χ2v) is 3.75. The van der Waals surface area contributed by atoms with Gasteiger partial charge < -0.3 is 5.11 Å². The fourth-order valence-corrected chi connectivity index (χ4v) is 1.67. The smallest absolute Gasteiger partial charge is 0.134 e. The van der Waals surface area contributed by atoms with E-state index >= 15 is 0 Å². The lowest BCUT2D eigenvalue weighted by Crippen LogP contribution is -1.85. The average molecular weight is 220 g/mol. The summed E-state index contributed by atoms with van der Waals surface area (Å²) in [5.74, 6) is 0.159. The van der Waals surface area contributed by atoms with Crippen molar-refractivity contribution in [2.45, 2.75) is 6.92 Å². The summed E-state index contributed by atoms with van der Waals surface area (Å²) in [6.07, 6.45) is 3.11. The molecule has 0 bridgehead atoms. The van der Waals surface area contributed by atoms with Gasteiger partial charge in [-0.25, -0.2) is 0 Å². The molecule has 2 nitrogen and oxygen atoms in total. The number of hydrogen-bond acceptors (Lipinski definition) is 2. The van der Waals surface area contributed by atoms with Crippen molar-refractivity contribution >= 4 is 11.6 Å². The summed E-state index contributed by atoms with van der Waals surface area (Å²) in [4.78, 5) is 3.94. The van der Waals surface area contributed by atoms with Crippen LogP contribution in [0.1, 0.15) is 5.56 Å². The molecule has 0 aliphatic carbocycles. The molecule has 0 atom stereocenters. The van der Waals surface area contributed by atoms with E-state index in [1.165, 1.54) is 6.20 Å². The molecule has 0 spiro atoms. The Labute approximate surface area is 93.2 Å². The monoisotopic (exact) mass is 219 g/mol. The number of pyridine rings is 1. The quantitative estimate of drug-likeness (QED) is 0.797. The molecule has 0 saturated carbocycles. The Morgan fingerprint density at radius 1 is 1.27 bits per heavy atom. The Hall–Kier alpha value is -1.54. The number of halogens is 1. The molecule has 0 unspecified atom stereocenters. The van der Waals surface area contributed by atoms with Crippen LogP contribution in [0, 0.1) is 6.92 Å². The molecule has 76 valence electrons. The molecule has 15 heavy (non-hydrogen) atoms. The molecule has 0 aliphatic heterocycles. The molecule has 1 N–H and O–H groups in total. The molecular weight excluding hydrogens is 210 g/mol. The Morgan fingerprint density at radius 2 is 2.07 bits per heavy atom. The minimum absolute atomic E-state index is 0.159. The zero-order valence-electron chi connectivity index (χ0n) is 8.24. The molecule has 1 heterocycles. The van der Waals surface area contributed by atoms with Crippen LogP contribution in [0.25, 0.3) is 11.1 Å². The first-order valence-corrected chi connectivity index (χ1v) is 4.96. The van der Waals surface area contributed by atoms with Crippen LogP contribution in [0.2, 0.25) is 5.02 Å². The SMILES string of the molecule is Cc1c(Cl)cccc1-c1cncc(O)c1. The van der Waals surface area contributed by atoms with E-state index in [0.29, 0.717) is 0 Å². The van der Waals surface area contributed by atoms with Gasteiger partial charge in [0, 0.05) is 16.8 Å². The van der Waals surface area contributed by atoms with E-state index in [9.17, 15) is 5.11 Å². The summed E-state index contributed by atoms with van der Waals surface area (Å²) in [6, 6.07) is 7.36. The van der Waals surface area contributed by atoms with Gasteiger partial charge in [0.1, 0.15) is 5.75 Å². The molecular formula is C12H10ClNO. The van der Waals surface area contributed by atoms with Crippen LogP contribution in [0.15, 0.2) is 36.7 Å². The van der Waals surface area contributed by atoms with Gasteiger partial charge in [0.25, 0.3) is 0 Å². The van der Waals surface area contributed by atoms with Gasteiger partial charge in [-0.3, -0.25) is 4.98 Å². The van der Waals surface area contributed by atoms with Gasteiger partial charge >= 0.3 is 0 Å². The first kappa shape index (κ1) is 9.99. The van der Waals surface area contributed by atoms with E-state index in [4.69, 9.17) is 11.6 Å². The Bertz CT molecular complexity index is 497. The van der Waals surface area contributed by atoms with Crippen LogP contribution >= 0.6 is 11.6 Å². The number of aromatic nitrogens is 1. The number of rotatable bonds is 1. The van der Waals surface area contributed by atoms with E-state index in [1.807, 2.05) is 25.1 Å². The second kappa shape index (κ2) is 3.91. The highest BCUT2D eigenvalue weighted by atomic mass is 35.5. The molecule has 2 rings (SSSR count). The maximum atomic E-state index is 9.34. The van der Waals surface area contributed by atoms with Crippen molar-refractivity contribution in [3.05, 3.63) is 47.2 Å². The van der Waals surface area contributed by atoms with Crippen molar-refractivity contribution in [2.75, 3.05) is 0 Å². The standard InChI is InChI=1S/C12H10ClNO/c1-8-11(3-2-4-12(8)13)9-5-10(15)7-14-6-9/h2-7,15H,1H3. The fourth-order valence-electron chi connectivity index (χ4n) is 1.50. The molecule has 1 aromatic carbocycles. The maximum absolute atomic E-state index is 9.34. The van der Waals surface area contributed by atoms with Crippen LogP contribution in [0.5, 0.6) is 5.75 Å². The lowest BCUT2D eigenvalue weighted by atomic mass is 10.0. The van der Waals surface area contributed by atoms with Crippen molar-refractivity contribution in [3.8, 4) is 16.9 Å². The van der Waals surface area contributed by atoms with Gasteiger partial charge in [-0.1, -0.05) is 23.7 Å². The normalized spacial score (nSPS) is 10.3. The van der Waals surface area contributed by atoms with E-state index in [2.05, 4.69) is 4.98 Å². The lowest BCUT2D eigenvalue weighted by molar-refractivity contribution is 0.473. The van der Waals surface area contributed by atoms with Gasteiger partial charge in [0.05, 0.1) is 6.20 Å². The Kier molecular flexibility index (Phi) is 2.60. The van der Waals surface area contributed by atoms with E-state index in [0.717, 1.165) is 21.7 Å². The van der Waals surface area contributed by atoms with Crippen LogP contribution in [-0.4, -0.2) is 10.1 Å². The number of benzene rings is 1. The predicted molar refractivity (Wildman–Crippen MR) is 61.1 cm³/mol. The molecule has 0 amide bonds. The zero-order valence-corrected chi connectivity index (χ0v) is 8.99. The summed E-state index contributed by atoms with van der Waals surface area (Å²) >= 11 is 6.02. The molecule has 3 heteroatoms. The first-order valence-electron chi connectivity index (χ1n) is 4.58. The van der Waals surface area contributed by atoms with Gasteiger partial charge in [-0.05, 0) is 30.2 Å². The number of nitrogens with zero attached hydrogens (tertiary/aromatic N) is 1. The maximum Gasteiger partial charge on any atom is 0.134 e. The molecule has 0 radical (unpaired) electrons. The molecule has 0 saturated heterocycles. The van der Waals surface area contributed by atoms with Gasteiger partial charge in [-0.2, -0.15) is 0 Å². The topological polar surface area (TPSA) is 33.1 Å². The summed E-state index contributed by atoms with van der Waals surface area (Å²) in [5.41, 5.74) is 2.85. The third kappa shape index (κ3) is 1.95. The Morgan fingerprint density at radius 3 is 2.80 bits per heavy atom. The van der Waals surface area contributed by atoms with Crippen molar-refractivity contribution in [2.24, 2.45) is 0 Å². The fraction of sp³-hybridized carbons (Fsp3) is 0.0833. The zero-order chi connectivity index (χ0) is 10.8. The highest BCUT2D eigenvalue weighted by Gasteiger charge is 2.05. The van der Waals surface area contributed by atoms with Crippen LogP contribution in [0.4, 0.5) is 0 Å². The first-order chi connectivity index (χ1) is 7.18. The summed E-state index contributed by atoms with van der Waals surface area (Å²) < 4.78 is 0. The summed E-state index contributed by atoms with van der Waals surface area (Å²) in [6.45, 7) is 1.95. The van der Waals surface area contributed by atoms with Crippen LogP contribution < -0.4 is 0 Å². The second-order valence-electron chi connectivity index (χ2n) is 3.34. The lowest BCUT2D eigenvalue weighted by Gasteiger charge is -2.07. The van der Waals surface area contributed by atoms with E-state index in [-0.39, 0.29) is 5.75 Å². The van der Waals surface area contributed by atoms with Gasteiger partial charge in [0.2, 0.25) is 0 Å². The van der Waals surface area contributed by atoms with Crippen molar-refractivity contribution in [3.63, 3.8) is 0 Å². The van der Waals surface area contributed by atoms with E-state index < -0.39 is 0 Å². The van der Waals surface area contributed by atoms with Crippen molar-refractivity contribution in [1.82, 2.24) is 4.98 Å². The number of aromatic hydroxyl groups is 1. The van der Waals surface area contributed by atoms with Crippen LogP contribution in [-0.2, 0) is 0 Å². The summed E-state index contributed by atoms with van der Waals surface area (Å²) in [5, 5.41) is 10.1. The minimum atomic E-state index is 0.159. The molecule has 1 aromatic heterocycles. The third-order valence-corrected chi connectivity index (χ3v) is 2.71. The largest absolute Gasteiger partial charge is 0.506 e. The molecule has 0 fully saturated rings. The highest BCUT2D eigenvalue weighted by Crippen LogP contribution is 2.29. The average Bonchev–Trinajstić information content (AvgIpc) is 2.22. The minimum Gasteiger partial charge on any atom is -0.506 e. The summed E-state index contributed by atoms with van der Waals surface area (Å²) in [7, 11) is 0. The highest BCUT2D eigenvalue weighted by molar-refractivity contribution is 6.31. The van der Waals surface area contributed by atoms with E-state index in [1.54, 1.807) is 12.3 Å². The molecule has 0 aliphatic rings. The van der Waals surface area contributed by atoms with Crippen molar-refractivity contribution < 1.29 is 5.11 Å². The van der Waals surface area contributed by atoms with Gasteiger partial charge in [0.15, 0.2) is 0 Å². The third-order valence-electron chi connectivity index (χ3n) is 2.30. The molecule has 2 aromatic rings. The number of hydrogen-bond donors (Lipinski definition) is 1. The Balaban J connectivity index is 2.59.